The smallest absolute Gasteiger partial charge is 0.255 e. The molecule has 0 radical (unpaired) electrons. The molecule has 1 aromatic carbocycles. The van der Waals surface area contributed by atoms with Crippen molar-refractivity contribution in [1.82, 2.24) is 10.2 Å². The maximum Gasteiger partial charge on any atom is 0.255 e. The molecule has 0 spiro atoms. The average molecular weight is 230 g/mol. The van der Waals surface area contributed by atoms with E-state index in [9.17, 15) is 4.79 Å². The monoisotopic (exact) mass is 230 g/mol. The molecule has 1 atom stereocenters. The molecule has 1 amide bonds. The SMILES string of the molecule is CCc1cc(C)c2c(c1)[C@@H]1CNCCN1C2=O. The molecule has 90 valence electrons. The van der Waals surface area contributed by atoms with Crippen LogP contribution >= 0.6 is 0 Å². The van der Waals surface area contributed by atoms with Crippen molar-refractivity contribution in [3.63, 3.8) is 0 Å². The summed E-state index contributed by atoms with van der Waals surface area (Å²) in [5.41, 5.74) is 4.66. The molecule has 3 rings (SSSR count). The van der Waals surface area contributed by atoms with Crippen molar-refractivity contribution in [2.24, 2.45) is 0 Å². The zero-order valence-corrected chi connectivity index (χ0v) is 10.4. The van der Waals surface area contributed by atoms with Crippen molar-refractivity contribution in [2.75, 3.05) is 19.6 Å². The van der Waals surface area contributed by atoms with Gasteiger partial charge in [-0.15, -0.1) is 0 Å². The lowest BCUT2D eigenvalue weighted by Gasteiger charge is -2.30. The summed E-state index contributed by atoms with van der Waals surface area (Å²) in [6.45, 7) is 6.86. The molecule has 3 heteroatoms. The van der Waals surface area contributed by atoms with Crippen molar-refractivity contribution in [3.8, 4) is 0 Å². The van der Waals surface area contributed by atoms with E-state index in [4.69, 9.17) is 0 Å². The Morgan fingerprint density at radius 2 is 2.29 bits per heavy atom. The van der Waals surface area contributed by atoms with Crippen LogP contribution in [0.15, 0.2) is 12.1 Å². The number of hydrogen-bond donors (Lipinski definition) is 1. The molecule has 0 unspecified atom stereocenters. The summed E-state index contributed by atoms with van der Waals surface area (Å²) in [6, 6.07) is 4.64. The van der Waals surface area contributed by atoms with E-state index >= 15 is 0 Å². The maximum absolute atomic E-state index is 12.3. The third-order valence-electron chi connectivity index (χ3n) is 3.91. The van der Waals surface area contributed by atoms with Crippen LogP contribution in [-0.4, -0.2) is 30.4 Å². The zero-order valence-electron chi connectivity index (χ0n) is 10.4. The molecule has 0 bridgehead atoms. The second-order valence-electron chi connectivity index (χ2n) is 4.95. The van der Waals surface area contributed by atoms with Crippen LogP contribution in [0.1, 0.15) is 40.0 Å². The Morgan fingerprint density at radius 1 is 1.47 bits per heavy atom. The van der Waals surface area contributed by atoms with Crippen LogP contribution in [0.25, 0.3) is 0 Å². The predicted octanol–water partition coefficient (Wildman–Crippen LogP) is 1.66. The van der Waals surface area contributed by atoms with Crippen LogP contribution in [0.4, 0.5) is 0 Å². The van der Waals surface area contributed by atoms with Gasteiger partial charge in [0.25, 0.3) is 5.91 Å². The number of aryl methyl sites for hydroxylation is 2. The number of carbonyl (C=O) groups excluding carboxylic acids is 1. The van der Waals surface area contributed by atoms with Gasteiger partial charge in [-0.3, -0.25) is 4.79 Å². The number of nitrogens with zero attached hydrogens (tertiary/aromatic N) is 1. The quantitative estimate of drug-likeness (QED) is 0.795. The molecule has 2 aliphatic heterocycles. The van der Waals surface area contributed by atoms with Crippen molar-refractivity contribution < 1.29 is 4.79 Å². The van der Waals surface area contributed by atoms with Gasteiger partial charge in [-0.2, -0.15) is 0 Å². The number of rotatable bonds is 1. The van der Waals surface area contributed by atoms with Gasteiger partial charge >= 0.3 is 0 Å². The van der Waals surface area contributed by atoms with Crippen LogP contribution in [0.5, 0.6) is 0 Å². The third-order valence-corrected chi connectivity index (χ3v) is 3.91. The van der Waals surface area contributed by atoms with E-state index < -0.39 is 0 Å². The van der Waals surface area contributed by atoms with Gasteiger partial charge in [-0.1, -0.05) is 19.1 Å². The fourth-order valence-electron chi connectivity index (χ4n) is 3.02. The zero-order chi connectivity index (χ0) is 12.0. The summed E-state index contributed by atoms with van der Waals surface area (Å²) in [5, 5.41) is 3.38. The van der Waals surface area contributed by atoms with Crippen LogP contribution in [0.3, 0.4) is 0 Å². The Hall–Kier alpha value is -1.35. The van der Waals surface area contributed by atoms with E-state index in [0.29, 0.717) is 0 Å². The first kappa shape index (κ1) is 10.8. The summed E-state index contributed by atoms with van der Waals surface area (Å²) in [6.07, 6.45) is 1.03. The molecule has 1 aromatic rings. The largest absolute Gasteiger partial charge is 0.329 e. The minimum Gasteiger partial charge on any atom is -0.329 e. The normalized spacial score (nSPS) is 22.6. The number of carbonyl (C=O) groups is 1. The molecule has 2 aliphatic rings. The van der Waals surface area contributed by atoms with Gasteiger partial charge in [-0.25, -0.2) is 0 Å². The van der Waals surface area contributed by atoms with Crippen LogP contribution in [0.2, 0.25) is 0 Å². The highest BCUT2D eigenvalue weighted by Crippen LogP contribution is 2.36. The number of nitrogens with one attached hydrogen (secondary N) is 1. The maximum atomic E-state index is 12.3. The van der Waals surface area contributed by atoms with Crippen molar-refractivity contribution in [1.29, 1.82) is 0 Å². The molecule has 3 nitrogen and oxygen atoms in total. The van der Waals surface area contributed by atoms with Crippen molar-refractivity contribution in [3.05, 3.63) is 34.4 Å². The number of benzene rings is 1. The minimum absolute atomic E-state index is 0.228. The lowest BCUT2D eigenvalue weighted by atomic mass is 9.96. The second-order valence-corrected chi connectivity index (χ2v) is 4.95. The molecule has 0 aromatic heterocycles. The Morgan fingerprint density at radius 3 is 3.06 bits per heavy atom. The molecule has 1 fully saturated rings. The first-order valence-electron chi connectivity index (χ1n) is 6.37. The lowest BCUT2D eigenvalue weighted by molar-refractivity contribution is 0.0690. The molecule has 0 aliphatic carbocycles. The molecular weight excluding hydrogens is 212 g/mol. The lowest BCUT2D eigenvalue weighted by Crippen LogP contribution is -2.44. The van der Waals surface area contributed by atoms with Gasteiger partial charge < -0.3 is 10.2 Å². The van der Waals surface area contributed by atoms with Gasteiger partial charge in [0.2, 0.25) is 0 Å². The Bertz CT molecular complexity index is 481. The summed E-state index contributed by atoms with van der Waals surface area (Å²) in [5.74, 6) is 0.228. The molecule has 17 heavy (non-hydrogen) atoms. The van der Waals surface area contributed by atoms with Gasteiger partial charge in [0.05, 0.1) is 6.04 Å². The number of hydrogen-bond acceptors (Lipinski definition) is 2. The van der Waals surface area contributed by atoms with Crippen LogP contribution in [-0.2, 0) is 6.42 Å². The van der Waals surface area contributed by atoms with E-state index in [1.54, 1.807) is 0 Å². The average Bonchev–Trinajstić information content (AvgIpc) is 2.64. The Labute approximate surface area is 102 Å². The summed E-state index contributed by atoms with van der Waals surface area (Å²) in [7, 11) is 0. The van der Waals surface area contributed by atoms with E-state index in [0.717, 1.165) is 37.2 Å². The van der Waals surface area contributed by atoms with Crippen LogP contribution < -0.4 is 5.32 Å². The van der Waals surface area contributed by atoms with E-state index in [1.165, 1.54) is 11.1 Å². The highest BCUT2D eigenvalue weighted by atomic mass is 16.2. The summed E-state index contributed by atoms with van der Waals surface area (Å²) in [4.78, 5) is 14.4. The van der Waals surface area contributed by atoms with Crippen LogP contribution in [0, 0.1) is 6.92 Å². The van der Waals surface area contributed by atoms with E-state index in [2.05, 4.69) is 31.3 Å². The van der Waals surface area contributed by atoms with Gasteiger partial charge in [0.15, 0.2) is 0 Å². The molecular formula is C14H18N2O. The van der Waals surface area contributed by atoms with Gasteiger partial charge in [0.1, 0.15) is 0 Å². The fourth-order valence-corrected chi connectivity index (χ4v) is 3.02. The third kappa shape index (κ3) is 1.49. The highest BCUT2D eigenvalue weighted by molar-refractivity contribution is 6.00. The minimum atomic E-state index is 0.228. The molecule has 0 saturated carbocycles. The topological polar surface area (TPSA) is 32.3 Å². The summed E-state index contributed by atoms with van der Waals surface area (Å²) >= 11 is 0. The molecule has 1 N–H and O–H groups in total. The van der Waals surface area contributed by atoms with Crippen molar-refractivity contribution in [2.45, 2.75) is 26.3 Å². The second kappa shape index (κ2) is 3.84. The number of fused-ring (bicyclic) bond motifs is 3. The van der Waals surface area contributed by atoms with Crippen molar-refractivity contribution >= 4 is 5.91 Å². The first-order valence-corrected chi connectivity index (χ1v) is 6.37. The van der Waals surface area contributed by atoms with E-state index in [-0.39, 0.29) is 11.9 Å². The summed E-state index contributed by atoms with van der Waals surface area (Å²) < 4.78 is 0. The Kier molecular flexibility index (Phi) is 2.44. The standard InChI is InChI=1S/C14H18N2O/c1-3-10-6-9(2)13-11(7-10)12-8-15-4-5-16(12)14(13)17/h6-7,12,15H,3-5,8H2,1-2H3/t12-/m0/s1. The number of amides is 1. The van der Waals surface area contributed by atoms with E-state index in [1.807, 2.05) is 4.90 Å². The fraction of sp³-hybridized carbons (Fsp3) is 0.500. The first-order chi connectivity index (χ1) is 8.22. The van der Waals surface area contributed by atoms with Gasteiger partial charge in [-0.05, 0) is 30.0 Å². The Balaban J connectivity index is 2.14. The molecule has 2 heterocycles. The highest BCUT2D eigenvalue weighted by Gasteiger charge is 2.38. The molecule has 1 saturated heterocycles. The number of piperazine rings is 1. The predicted molar refractivity (Wildman–Crippen MR) is 67.2 cm³/mol. The van der Waals surface area contributed by atoms with Gasteiger partial charge in [0, 0.05) is 25.2 Å².